The zero-order valence-corrected chi connectivity index (χ0v) is 9.98. The standard InChI is InChI=1S/C12H25NO2/c1-3-4-9(2)8-15-11(7-14)12(13)10-5-6-10/h9-12,14H,3-8,13H2,1-2H3. The lowest BCUT2D eigenvalue weighted by atomic mass is 10.1. The minimum atomic E-state index is -0.156. The van der Waals surface area contributed by atoms with Gasteiger partial charge in [-0.15, -0.1) is 0 Å². The number of ether oxygens (including phenoxy) is 1. The molecule has 0 amide bonds. The molecule has 1 saturated carbocycles. The molecule has 0 aromatic carbocycles. The van der Waals surface area contributed by atoms with Gasteiger partial charge in [-0.2, -0.15) is 0 Å². The fourth-order valence-corrected chi connectivity index (χ4v) is 1.93. The monoisotopic (exact) mass is 215 g/mol. The fourth-order valence-electron chi connectivity index (χ4n) is 1.93. The predicted octanol–water partition coefficient (Wildman–Crippen LogP) is 1.54. The summed E-state index contributed by atoms with van der Waals surface area (Å²) in [5.41, 5.74) is 6.01. The second-order valence-corrected chi connectivity index (χ2v) is 4.86. The Morgan fingerprint density at radius 1 is 1.47 bits per heavy atom. The molecule has 0 radical (unpaired) electrons. The summed E-state index contributed by atoms with van der Waals surface area (Å²) in [6.07, 6.45) is 4.61. The van der Waals surface area contributed by atoms with Crippen molar-refractivity contribution < 1.29 is 9.84 Å². The highest BCUT2D eigenvalue weighted by atomic mass is 16.5. The van der Waals surface area contributed by atoms with Crippen LogP contribution in [0, 0.1) is 11.8 Å². The minimum absolute atomic E-state index is 0.0313. The van der Waals surface area contributed by atoms with Crippen LogP contribution in [-0.4, -0.2) is 30.5 Å². The number of nitrogens with two attached hydrogens (primary N) is 1. The molecule has 0 aromatic heterocycles. The van der Waals surface area contributed by atoms with Crippen LogP contribution in [0.2, 0.25) is 0 Å². The Balaban J connectivity index is 2.20. The van der Waals surface area contributed by atoms with Gasteiger partial charge in [0.05, 0.1) is 12.7 Å². The summed E-state index contributed by atoms with van der Waals surface area (Å²) in [4.78, 5) is 0. The quantitative estimate of drug-likeness (QED) is 0.645. The van der Waals surface area contributed by atoms with E-state index >= 15 is 0 Å². The molecular formula is C12H25NO2. The number of aliphatic hydroxyl groups is 1. The molecule has 0 heterocycles. The summed E-state index contributed by atoms with van der Waals surface area (Å²) in [6.45, 7) is 5.13. The van der Waals surface area contributed by atoms with Crippen LogP contribution in [0.1, 0.15) is 39.5 Å². The highest BCUT2D eigenvalue weighted by Gasteiger charge is 2.34. The summed E-state index contributed by atoms with van der Waals surface area (Å²) in [5, 5.41) is 9.21. The first-order valence-corrected chi connectivity index (χ1v) is 6.17. The molecule has 1 aliphatic rings. The van der Waals surface area contributed by atoms with Crippen molar-refractivity contribution in [2.75, 3.05) is 13.2 Å². The van der Waals surface area contributed by atoms with Gasteiger partial charge in [-0.05, 0) is 31.1 Å². The molecular weight excluding hydrogens is 190 g/mol. The topological polar surface area (TPSA) is 55.5 Å². The van der Waals surface area contributed by atoms with Gasteiger partial charge >= 0.3 is 0 Å². The van der Waals surface area contributed by atoms with Gasteiger partial charge in [0, 0.05) is 12.6 Å². The molecule has 15 heavy (non-hydrogen) atoms. The van der Waals surface area contributed by atoms with E-state index in [9.17, 15) is 5.11 Å². The minimum Gasteiger partial charge on any atom is -0.394 e. The van der Waals surface area contributed by atoms with Crippen LogP contribution < -0.4 is 5.73 Å². The van der Waals surface area contributed by atoms with Gasteiger partial charge in [0.2, 0.25) is 0 Å². The van der Waals surface area contributed by atoms with Gasteiger partial charge < -0.3 is 15.6 Å². The van der Waals surface area contributed by atoms with Crippen LogP contribution in [-0.2, 0) is 4.74 Å². The molecule has 3 nitrogen and oxygen atoms in total. The largest absolute Gasteiger partial charge is 0.394 e. The third-order valence-corrected chi connectivity index (χ3v) is 3.15. The molecule has 1 aliphatic carbocycles. The average Bonchev–Trinajstić information content (AvgIpc) is 3.02. The lowest BCUT2D eigenvalue weighted by molar-refractivity contribution is -0.0209. The number of rotatable bonds is 8. The van der Waals surface area contributed by atoms with E-state index in [1.165, 1.54) is 25.7 Å². The van der Waals surface area contributed by atoms with Crippen LogP contribution >= 0.6 is 0 Å². The summed E-state index contributed by atoms with van der Waals surface area (Å²) in [6, 6.07) is 0.0313. The smallest absolute Gasteiger partial charge is 0.0958 e. The second-order valence-electron chi connectivity index (χ2n) is 4.86. The van der Waals surface area contributed by atoms with Gasteiger partial charge in [0.15, 0.2) is 0 Å². The van der Waals surface area contributed by atoms with Crippen LogP contribution in [0.5, 0.6) is 0 Å². The van der Waals surface area contributed by atoms with E-state index in [4.69, 9.17) is 10.5 Å². The molecule has 1 fully saturated rings. The Labute approximate surface area is 93.0 Å². The van der Waals surface area contributed by atoms with Gasteiger partial charge in [0.25, 0.3) is 0 Å². The summed E-state index contributed by atoms with van der Waals surface area (Å²) in [5.74, 6) is 1.15. The second kappa shape index (κ2) is 6.46. The molecule has 1 rings (SSSR count). The molecule has 0 spiro atoms. The molecule has 0 bridgehead atoms. The Morgan fingerprint density at radius 3 is 2.60 bits per heavy atom. The van der Waals surface area contributed by atoms with Crippen molar-refractivity contribution in [2.45, 2.75) is 51.7 Å². The van der Waals surface area contributed by atoms with Crippen molar-refractivity contribution in [1.82, 2.24) is 0 Å². The maximum atomic E-state index is 9.21. The predicted molar refractivity (Wildman–Crippen MR) is 61.6 cm³/mol. The Bertz CT molecular complexity index is 171. The van der Waals surface area contributed by atoms with E-state index in [1.54, 1.807) is 0 Å². The molecule has 90 valence electrons. The lowest BCUT2D eigenvalue weighted by Crippen LogP contribution is -2.41. The van der Waals surface area contributed by atoms with E-state index in [-0.39, 0.29) is 18.8 Å². The van der Waals surface area contributed by atoms with Crippen molar-refractivity contribution in [1.29, 1.82) is 0 Å². The first-order valence-electron chi connectivity index (χ1n) is 6.17. The van der Waals surface area contributed by atoms with Crippen molar-refractivity contribution in [3.63, 3.8) is 0 Å². The van der Waals surface area contributed by atoms with E-state index in [1.807, 2.05) is 0 Å². The third-order valence-electron chi connectivity index (χ3n) is 3.15. The van der Waals surface area contributed by atoms with Gasteiger partial charge in [-0.1, -0.05) is 20.3 Å². The van der Waals surface area contributed by atoms with Gasteiger partial charge in [-0.25, -0.2) is 0 Å². The molecule has 0 saturated heterocycles. The van der Waals surface area contributed by atoms with E-state index in [0.29, 0.717) is 11.8 Å². The number of aliphatic hydroxyl groups excluding tert-OH is 1. The lowest BCUT2D eigenvalue weighted by Gasteiger charge is -2.23. The van der Waals surface area contributed by atoms with Crippen molar-refractivity contribution in [2.24, 2.45) is 17.6 Å². The Hall–Kier alpha value is -0.120. The Morgan fingerprint density at radius 2 is 2.13 bits per heavy atom. The summed E-state index contributed by atoms with van der Waals surface area (Å²) in [7, 11) is 0. The Kier molecular flexibility index (Phi) is 5.58. The molecule has 3 heteroatoms. The van der Waals surface area contributed by atoms with E-state index < -0.39 is 0 Å². The summed E-state index contributed by atoms with van der Waals surface area (Å²) >= 11 is 0. The fraction of sp³-hybridized carbons (Fsp3) is 1.00. The zero-order valence-electron chi connectivity index (χ0n) is 9.98. The summed E-state index contributed by atoms with van der Waals surface area (Å²) < 4.78 is 5.69. The SMILES string of the molecule is CCCC(C)COC(CO)C(N)C1CC1. The molecule has 0 aromatic rings. The normalized spacial score (nSPS) is 22.4. The van der Waals surface area contributed by atoms with Crippen molar-refractivity contribution in [3.8, 4) is 0 Å². The maximum absolute atomic E-state index is 9.21. The maximum Gasteiger partial charge on any atom is 0.0958 e. The molecule has 0 aliphatic heterocycles. The zero-order chi connectivity index (χ0) is 11.3. The average molecular weight is 215 g/mol. The van der Waals surface area contributed by atoms with Crippen molar-refractivity contribution in [3.05, 3.63) is 0 Å². The van der Waals surface area contributed by atoms with Gasteiger partial charge in [-0.3, -0.25) is 0 Å². The first kappa shape index (κ1) is 12.9. The number of hydrogen-bond acceptors (Lipinski definition) is 3. The molecule has 3 atom stereocenters. The first-order chi connectivity index (χ1) is 7.19. The van der Waals surface area contributed by atoms with E-state index in [0.717, 1.165) is 6.61 Å². The molecule has 3 unspecified atom stereocenters. The van der Waals surface area contributed by atoms with Gasteiger partial charge in [0.1, 0.15) is 0 Å². The highest BCUT2D eigenvalue weighted by molar-refractivity contribution is 4.89. The highest BCUT2D eigenvalue weighted by Crippen LogP contribution is 2.33. The van der Waals surface area contributed by atoms with Crippen molar-refractivity contribution >= 4 is 0 Å². The van der Waals surface area contributed by atoms with Crippen LogP contribution in [0.25, 0.3) is 0 Å². The van der Waals surface area contributed by atoms with Crippen LogP contribution in [0.15, 0.2) is 0 Å². The van der Waals surface area contributed by atoms with Crippen LogP contribution in [0.3, 0.4) is 0 Å². The number of hydrogen-bond donors (Lipinski definition) is 2. The van der Waals surface area contributed by atoms with Crippen LogP contribution in [0.4, 0.5) is 0 Å². The molecule has 3 N–H and O–H groups in total. The van der Waals surface area contributed by atoms with E-state index in [2.05, 4.69) is 13.8 Å². The third kappa shape index (κ3) is 4.49.